The first-order valence-electron chi connectivity index (χ1n) is 10.6. The Morgan fingerprint density at radius 3 is 2.26 bits per heavy atom. The van der Waals surface area contributed by atoms with Gasteiger partial charge in [0.05, 0.1) is 17.1 Å². The molecule has 1 aliphatic carbocycles. The van der Waals surface area contributed by atoms with Gasteiger partial charge in [-0.25, -0.2) is 8.42 Å². The number of ether oxygens (including phenoxy) is 1. The van der Waals surface area contributed by atoms with E-state index in [1.54, 1.807) is 20.8 Å². The minimum absolute atomic E-state index is 0.315. The van der Waals surface area contributed by atoms with Crippen LogP contribution >= 0.6 is 0 Å². The van der Waals surface area contributed by atoms with Crippen molar-refractivity contribution in [1.82, 2.24) is 0 Å². The molecule has 27 heavy (non-hydrogen) atoms. The van der Waals surface area contributed by atoms with Crippen LogP contribution in [0.25, 0.3) is 0 Å². The molecule has 0 bridgehead atoms. The van der Waals surface area contributed by atoms with Gasteiger partial charge in [-0.3, -0.25) is 0 Å². The number of hydrogen-bond donors (Lipinski definition) is 0. The normalized spacial score (nSPS) is 15.1. The van der Waals surface area contributed by atoms with E-state index in [1.165, 1.54) is 29.5 Å². The molecule has 0 radical (unpaired) electrons. The van der Waals surface area contributed by atoms with Crippen molar-refractivity contribution in [3.8, 4) is 5.75 Å². The Bertz CT molecular complexity index is 710. The molecule has 0 N–H and O–H groups in total. The van der Waals surface area contributed by atoms with Crippen LogP contribution in [0.1, 0.15) is 82.4 Å². The molecule has 1 aromatic carbocycles. The lowest BCUT2D eigenvalue weighted by atomic mass is 9.98. The zero-order chi connectivity index (χ0) is 20.1. The second kappa shape index (κ2) is 9.45. The summed E-state index contributed by atoms with van der Waals surface area (Å²) in [5.74, 6) is 2.18. The van der Waals surface area contributed by atoms with Gasteiger partial charge < -0.3 is 4.74 Å². The summed E-state index contributed by atoms with van der Waals surface area (Å²) in [5, 5.41) is 0. The van der Waals surface area contributed by atoms with Crippen molar-refractivity contribution in [3.63, 3.8) is 0 Å². The molecule has 0 aliphatic heterocycles. The van der Waals surface area contributed by atoms with Crippen LogP contribution in [0.5, 0.6) is 5.75 Å². The van der Waals surface area contributed by atoms with E-state index >= 15 is 0 Å². The molecule has 3 nitrogen and oxygen atoms in total. The van der Waals surface area contributed by atoms with E-state index in [9.17, 15) is 8.42 Å². The number of unbranched alkanes of at least 4 members (excludes halogenated alkanes) is 4. The second-order valence-corrected chi connectivity index (χ2v) is 12.1. The summed E-state index contributed by atoms with van der Waals surface area (Å²) < 4.78 is 29.7. The zero-order valence-corrected chi connectivity index (χ0v) is 18.8. The second-order valence-electron chi connectivity index (χ2n) is 9.20. The molecule has 154 valence electrons. The van der Waals surface area contributed by atoms with Gasteiger partial charge in [-0.1, -0.05) is 31.4 Å². The van der Waals surface area contributed by atoms with Crippen molar-refractivity contribution in [3.05, 3.63) is 28.8 Å². The van der Waals surface area contributed by atoms with Gasteiger partial charge in [0.25, 0.3) is 0 Å². The third-order valence-electron chi connectivity index (χ3n) is 5.67. The van der Waals surface area contributed by atoms with Crippen molar-refractivity contribution in [1.29, 1.82) is 0 Å². The van der Waals surface area contributed by atoms with Crippen molar-refractivity contribution < 1.29 is 13.2 Å². The van der Waals surface area contributed by atoms with Crippen molar-refractivity contribution in [2.75, 3.05) is 12.4 Å². The predicted molar refractivity (Wildman–Crippen MR) is 114 cm³/mol. The fraction of sp³-hybridized carbons (Fsp3) is 0.739. The lowest BCUT2D eigenvalue weighted by Crippen LogP contribution is -2.30. The molecule has 4 heteroatoms. The number of hydrogen-bond acceptors (Lipinski definition) is 3. The molecule has 0 amide bonds. The van der Waals surface area contributed by atoms with Crippen LogP contribution in [0, 0.1) is 19.8 Å². The summed E-state index contributed by atoms with van der Waals surface area (Å²) in [6, 6.07) is 4.42. The molecule has 1 aromatic rings. The van der Waals surface area contributed by atoms with Crippen LogP contribution in [0.2, 0.25) is 0 Å². The van der Waals surface area contributed by atoms with Gasteiger partial charge in [-0.2, -0.15) is 0 Å². The Kier molecular flexibility index (Phi) is 7.79. The maximum absolute atomic E-state index is 12.1. The van der Waals surface area contributed by atoms with Crippen LogP contribution in [0.15, 0.2) is 12.1 Å². The smallest absolute Gasteiger partial charge is 0.155 e. The lowest BCUT2D eigenvalue weighted by Gasteiger charge is -2.18. The maximum atomic E-state index is 12.1. The van der Waals surface area contributed by atoms with E-state index in [4.69, 9.17) is 4.74 Å². The highest BCUT2D eigenvalue weighted by Gasteiger charge is 2.27. The molecular formula is C23H38O3S. The third-order valence-corrected chi connectivity index (χ3v) is 8.36. The van der Waals surface area contributed by atoms with E-state index in [-0.39, 0.29) is 0 Å². The van der Waals surface area contributed by atoms with Crippen molar-refractivity contribution >= 4 is 9.84 Å². The van der Waals surface area contributed by atoms with E-state index < -0.39 is 14.6 Å². The van der Waals surface area contributed by atoms with Crippen molar-refractivity contribution in [2.24, 2.45) is 5.92 Å². The summed E-state index contributed by atoms with van der Waals surface area (Å²) in [4.78, 5) is 0. The van der Waals surface area contributed by atoms with Crippen LogP contribution < -0.4 is 4.74 Å². The van der Waals surface area contributed by atoms with E-state index in [0.29, 0.717) is 5.75 Å². The molecule has 1 fully saturated rings. The predicted octanol–water partition coefficient (Wildman–Crippen LogP) is 5.80. The van der Waals surface area contributed by atoms with Crippen molar-refractivity contribution in [2.45, 2.75) is 90.7 Å². The van der Waals surface area contributed by atoms with Gasteiger partial charge in [-0.15, -0.1) is 0 Å². The highest BCUT2D eigenvalue weighted by Crippen LogP contribution is 2.33. The molecule has 0 unspecified atom stereocenters. The molecule has 0 aromatic heterocycles. The molecule has 1 saturated carbocycles. The van der Waals surface area contributed by atoms with E-state index in [2.05, 4.69) is 26.0 Å². The quantitative estimate of drug-likeness (QED) is 0.446. The van der Waals surface area contributed by atoms with Gasteiger partial charge in [-0.05, 0) is 89.3 Å². The SMILES string of the molecule is Cc1ccc(CCCCCCCS(=O)(=O)C(C)(C)C)c(C)c1OCC1CC1. The average molecular weight is 395 g/mol. The van der Waals surface area contributed by atoms with Gasteiger partial charge >= 0.3 is 0 Å². The Morgan fingerprint density at radius 2 is 1.63 bits per heavy atom. The summed E-state index contributed by atoms with van der Waals surface area (Å²) in [5.41, 5.74) is 3.92. The van der Waals surface area contributed by atoms with E-state index in [1.807, 2.05) is 0 Å². The van der Waals surface area contributed by atoms with Gasteiger partial charge in [0.15, 0.2) is 9.84 Å². The fourth-order valence-electron chi connectivity index (χ4n) is 3.29. The maximum Gasteiger partial charge on any atom is 0.155 e. The Labute approximate surface area is 166 Å². The van der Waals surface area contributed by atoms with Crippen LogP contribution in [0.3, 0.4) is 0 Å². The first kappa shape index (κ1) is 22.3. The summed E-state index contributed by atoms with van der Waals surface area (Å²) in [6.07, 6.45) is 8.89. The highest BCUT2D eigenvalue weighted by molar-refractivity contribution is 7.92. The standard InChI is InChI=1S/C23H38O3S/c1-18-12-15-21(19(2)22(18)26-17-20-13-14-20)11-9-7-6-8-10-16-27(24,25)23(3,4)5/h12,15,20H,6-11,13-14,16-17H2,1-5H3. The minimum atomic E-state index is -2.97. The number of benzene rings is 1. The van der Waals surface area contributed by atoms with E-state index in [0.717, 1.165) is 56.8 Å². The zero-order valence-electron chi connectivity index (χ0n) is 17.9. The molecule has 0 heterocycles. The largest absolute Gasteiger partial charge is 0.493 e. The topological polar surface area (TPSA) is 43.4 Å². The summed E-state index contributed by atoms with van der Waals surface area (Å²) >= 11 is 0. The molecule has 1 aliphatic rings. The average Bonchev–Trinajstić information content (AvgIpc) is 3.39. The highest BCUT2D eigenvalue weighted by atomic mass is 32.2. The Balaban J connectivity index is 1.70. The Morgan fingerprint density at radius 1 is 1.00 bits per heavy atom. The molecule has 2 rings (SSSR count). The summed E-state index contributed by atoms with van der Waals surface area (Å²) in [6.45, 7) is 10.5. The number of aryl methyl sites for hydroxylation is 2. The first-order valence-corrected chi connectivity index (χ1v) is 12.2. The van der Waals surface area contributed by atoms with Gasteiger partial charge in [0.1, 0.15) is 5.75 Å². The molecule has 0 spiro atoms. The fourth-order valence-corrected chi connectivity index (χ4v) is 4.49. The van der Waals surface area contributed by atoms with Crippen LogP contribution in [0.4, 0.5) is 0 Å². The minimum Gasteiger partial charge on any atom is -0.493 e. The van der Waals surface area contributed by atoms with Crippen LogP contribution in [-0.2, 0) is 16.3 Å². The van der Waals surface area contributed by atoms with Gasteiger partial charge in [0.2, 0.25) is 0 Å². The van der Waals surface area contributed by atoms with Crippen LogP contribution in [-0.4, -0.2) is 25.5 Å². The molecule has 0 atom stereocenters. The monoisotopic (exact) mass is 394 g/mol. The first-order chi connectivity index (χ1) is 12.6. The Hall–Kier alpha value is -1.03. The third kappa shape index (κ3) is 6.81. The molecule has 0 saturated heterocycles. The lowest BCUT2D eigenvalue weighted by molar-refractivity contribution is 0.295. The summed E-state index contributed by atoms with van der Waals surface area (Å²) in [7, 11) is -2.97. The molecular weight excluding hydrogens is 356 g/mol. The number of sulfone groups is 1. The van der Waals surface area contributed by atoms with Gasteiger partial charge in [0, 0.05) is 0 Å². The number of rotatable bonds is 11.